The monoisotopic (exact) mass is 383 g/mol. The second-order valence-electron chi connectivity index (χ2n) is 6.33. The van der Waals surface area contributed by atoms with Gasteiger partial charge >= 0.3 is 5.97 Å². The maximum atomic E-state index is 12.0. The van der Waals surface area contributed by atoms with Gasteiger partial charge in [0.2, 0.25) is 5.89 Å². The number of aromatic nitrogens is 1. The molecule has 0 aliphatic rings. The van der Waals surface area contributed by atoms with Crippen LogP contribution in [0.15, 0.2) is 46.6 Å². The van der Waals surface area contributed by atoms with E-state index in [2.05, 4.69) is 16.8 Å². The number of ether oxygens (including phenoxy) is 2. The fraction of sp³-hybridized carbons (Fsp3) is 0.364. The third kappa shape index (κ3) is 6.38. The lowest BCUT2D eigenvalue weighted by Gasteiger charge is -2.08. The van der Waals surface area contributed by atoms with Crippen molar-refractivity contribution in [2.75, 3.05) is 7.11 Å². The number of oxazole rings is 1. The van der Waals surface area contributed by atoms with E-state index in [1.807, 2.05) is 19.9 Å². The minimum Gasteiger partial charge on any atom is -0.446 e. The lowest BCUT2D eigenvalue weighted by Crippen LogP contribution is -2.13. The predicted octanol–water partition coefficient (Wildman–Crippen LogP) is 3.79. The van der Waals surface area contributed by atoms with Crippen molar-refractivity contribution < 1.29 is 23.8 Å². The van der Waals surface area contributed by atoms with Gasteiger partial charge < -0.3 is 19.0 Å². The van der Waals surface area contributed by atoms with Crippen molar-refractivity contribution in [2.45, 2.75) is 45.5 Å². The Balaban J connectivity index is 1.89. The van der Waals surface area contributed by atoms with Crippen molar-refractivity contribution in [2.24, 2.45) is 0 Å². The van der Waals surface area contributed by atoms with E-state index in [-0.39, 0.29) is 12.5 Å². The molecule has 0 fully saturated rings. The summed E-state index contributed by atoms with van der Waals surface area (Å²) in [6.45, 7) is 5.52. The highest BCUT2D eigenvalue weighted by Crippen LogP contribution is 2.18. The number of nitrogens with zero attached hydrogens (tertiary/aromatic N) is 1. The number of aliphatic hydroxyl groups is 1. The van der Waals surface area contributed by atoms with E-state index in [1.54, 1.807) is 44.4 Å². The molecule has 2 aromatic rings. The molecule has 1 aromatic heterocycles. The summed E-state index contributed by atoms with van der Waals surface area (Å²) in [4.78, 5) is 16.2. The van der Waals surface area contributed by atoms with Crippen LogP contribution in [0.5, 0.6) is 0 Å². The van der Waals surface area contributed by atoms with Crippen LogP contribution in [0.1, 0.15) is 55.2 Å². The average Bonchev–Trinajstić information content (AvgIpc) is 3.16. The molecule has 0 radical (unpaired) electrons. The molecule has 0 saturated heterocycles. The van der Waals surface area contributed by atoms with E-state index in [4.69, 9.17) is 13.9 Å². The molecule has 1 unspecified atom stereocenters. The van der Waals surface area contributed by atoms with Gasteiger partial charge in [0.25, 0.3) is 0 Å². The van der Waals surface area contributed by atoms with Gasteiger partial charge in [-0.05, 0) is 38.5 Å². The number of methoxy groups -OCH3 is 1. The van der Waals surface area contributed by atoms with Gasteiger partial charge in [-0.15, -0.1) is 0 Å². The number of carbonyl (C=O) groups is 1. The molecule has 0 amide bonds. The zero-order chi connectivity index (χ0) is 20.5. The highest BCUT2D eigenvalue weighted by atomic mass is 16.5. The molecule has 1 aromatic carbocycles. The zero-order valence-electron chi connectivity index (χ0n) is 16.5. The van der Waals surface area contributed by atoms with Crippen molar-refractivity contribution in [3.63, 3.8) is 0 Å². The lowest BCUT2D eigenvalue weighted by atomic mass is 10.2. The molecule has 0 aliphatic heterocycles. The molecule has 1 heterocycles. The van der Waals surface area contributed by atoms with Crippen molar-refractivity contribution in [1.82, 2.24) is 4.98 Å². The van der Waals surface area contributed by atoms with Crippen molar-refractivity contribution in [1.29, 1.82) is 0 Å². The average molecular weight is 383 g/mol. The van der Waals surface area contributed by atoms with Gasteiger partial charge in [0.15, 0.2) is 6.10 Å². The summed E-state index contributed by atoms with van der Waals surface area (Å²) >= 11 is 0. The molecular weight excluding hydrogens is 358 g/mol. The molecule has 0 bridgehead atoms. The first kappa shape index (κ1) is 21.4. The quantitative estimate of drug-likeness (QED) is 0.579. The first-order chi connectivity index (χ1) is 13.4. The van der Waals surface area contributed by atoms with Gasteiger partial charge in [0.1, 0.15) is 18.1 Å². The molecule has 28 heavy (non-hydrogen) atoms. The van der Waals surface area contributed by atoms with Crippen molar-refractivity contribution in [3.8, 4) is 11.8 Å². The molecule has 0 aliphatic carbocycles. The van der Waals surface area contributed by atoms with Crippen LogP contribution in [0.25, 0.3) is 6.08 Å². The minimum absolute atomic E-state index is 0.0498. The molecule has 6 nitrogen and oxygen atoms in total. The van der Waals surface area contributed by atoms with Crippen LogP contribution in [0.3, 0.4) is 0 Å². The summed E-state index contributed by atoms with van der Waals surface area (Å²) in [5.41, 5.74) is 1.82. The van der Waals surface area contributed by atoms with Gasteiger partial charge in [-0.2, -0.15) is 0 Å². The fourth-order valence-electron chi connectivity index (χ4n) is 2.25. The highest BCUT2D eigenvalue weighted by molar-refractivity contribution is 5.89. The number of hydrogen-bond donors (Lipinski definition) is 1. The third-order valence-electron chi connectivity index (χ3n) is 4.12. The molecular formula is C22H25NO5. The normalized spacial score (nSPS) is 14.5. The Kier molecular flexibility index (Phi) is 8.00. The number of hydrogen-bond acceptors (Lipinski definition) is 6. The van der Waals surface area contributed by atoms with Crippen LogP contribution in [0.2, 0.25) is 0 Å². The predicted molar refractivity (Wildman–Crippen MR) is 105 cm³/mol. The molecule has 0 spiro atoms. The van der Waals surface area contributed by atoms with E-state index in [9.17, 15) is 9.90 Å². The number of aliphatic hydroxyl groups excluding tert-OH is 1. The number of carbonyl (C=O) groups excluding carboxylic acids is 1. The first-order valence-corrected chi connectivity index (χ1v) is 8.99. The van der Waals surface area contributed by atoms with E-state index in [1.165, 1.54) is 6.26 Å². The molecule has 1 N–H and O–H groups in total. The Morgan fingerprint density at radius 2 is 2.04 bits per heavy atom. The maximum absolute atomic E-state index is 12.0. The molecule has 148 valence electrons. The summed E-state index contributed by atoms with van der Waals surface area (Å²) in [5, 5.41) is 10.2. The molecule has 2 rings (SSSR count). The van der Waals surface area contributed by atoms with Crippen LogP contribution < -0.4 is 0 Å². The standard InChI is InChI=1S/C22H25NO5/c1-15(17(3)26-4)13-21-23-19(14-27-21)20(24)12-8-9-16(2)28-22(25)18-10-6-5-7-11-18/h5-7,10-11,13-14,16-17,20,24H,12H2,1-4H3/b15-13-/t16?,17-,20+/m1/s1. The fourth-order valence-corrected chi connectivity index (χ4v) is 2.25. The molecule has 6 heteroatoms. The number of benzene rings is 1. The summed E-state index contributed by atoms with van der Waals surface area (Å²) in [7, 11) is 1.63. The maximum Gasteiger partial charge on any atom is 0.339 e. The number of rotatable bonds is 7. The van der Waals surface area contributed by atoms with Gasteiger partial charge in [0, 0.05) is 19.6 Å². The van der Waals surface area contributed by atoms with Gasteiger partial charge in [-0.1, -0.05) is 30.0 Å². The van der Waals surface area contributed by atoms with Gasteiger partial charge in [-0.25, -0.2) is 9.78 Å². The third-order valence-corrected chi connectivity index (χ3v) is 4.12. The van der Waals surface area contributed by atoms with Crippen LogP contribution in [-0.2, 0) is 9.47 Å². The van der Waals surface area contributed by atoms with E-state index in [0.717, 1.165) is 5.57 Å². The summed E-state index contributed by atoms with van der Waals surface area (Å²) < 4.78 is 15.8. The SMILES string of the molecule is CO[C@H](C)/C(C)=C\c1nc([C@@H](O)CC#CC(C)OC(=O)c2ccccc2)co1. The van der Waals surface area contributed by atoms with Gasteiger partial charge in [0.05, 0.1) is 11.7 Å². The Morgan fingerprint density at radius 1 is 1.32 bits per heavy atom. The van der Waals surface area contributed by atoms with Crippen LogP contribution in [-0.4, -0.2) is 35.4 Å². The highest BCUT2D eigenvalue weighted by Gasteiger charge is 2.13. The second-order valence-corrected chi connectivity index (χ2v) is 6.33. The van der Waals surface area contributed by atoms with Crippen LogP contribution in [0, 0.1) is 11.8 Å². The topological polar surface area (TPSA) is 81.8 Å². The Bertz CT molecular complexity index is 860. The van der Waals surface area contributed by atoms with Crippen molar-refractivity contribution in [3.05, 3.63) is 59.3 Å². The van der Waals surface area contributed by atoms with E-state index in [0.29, 0.717) is 17.1 Å². The second kappa shape index (κ2) is 10.5. The summed E-state index contributed by atoms with van der Waals surface area (Å²) in [5.74, 6) is 5.59. The van der Waals surface area contributed by atoms with Crippen molar-refractivity contribution >= 4 is 12.0 Å². The van der Waals surface area contributed by atoms with Crippen LogP contribution in [0.4, 0.5) is 0 Å². The van der Waals surface area contributed by atoms with Gasteiger partial charge in [-0.3, -0.25) is 0 Å². The Labute approximate surface area is 165 Å². The Hall–Kier alpha value is -2.88. The molecule has 0 saturated carbocycles. The zero-order valence-corrected chi connectivity index (χ0v) is 16.5. The Morgan fingerprint density at radius 3 is 2.71 bits per heavy atom. The summed E-state index contributed by atoms with van der Waals surface area (Å²) in [6.07, 6.45) is 1.79. The smallest absolute Gasteiger partial charge is 0.339 e. The summed E-state index contributed by atoms with van der Waals surface area (Å²) in [6, 6.07) is 8.71. The number of esters is 1. The lowest BCUT2D eigenvalue weighted by molar-refractivity contribution is 0.0438. The van der Waals surface area contributed by atoms with Crippen LogP contribution >= 0.6 is 0 Å². The molecule has 3 atom stereocenters. The minimum atomic E-state index is -0.893. The van der Waals surface area contributed by atoms with E-state index >= 15 is 0 Å². The largest absolute Gasteiger partial charge is 0.446 e. The van der Waals surface area contributed by atoms with E-state index < -0.39 is 18.2 Å². The first-order valence-electron chi connectivity index (χ1n) is 8.99.